The van der Waals surface area contributed by atoms with Crippen LogP contribution in [0.2, 0.25) is 0 Å². The highest BCUT2D eigenvalue weighted by Gasteiger charge is 2.13. The highest BCUT2D eigenvalue weighted by Crippen LogP contribution is 2.33. The van der Waals surface area contributed by atoms with Crippen molar-refractivity contribution in [3.63, 3.8) is 0 Å². The maximum atomic E-state index is 6.05. The van der Waals surface area contributed by atoms with Crippen molar-refractivity contribution in [2.24, 2.45) is 0 Å². The molecule has 0 saturated heterocycles. The molecule has 0 amide bonds. The summed E-state index contributed by atoms with van der Waals surface area (Å²) in [5.41, 5.74) is 8.21. The molecule has 9 aromatic rings. The molecule has 6 heteroatoms. The van der Waals surface area contributed by atoms with Crippen LogP contribution in [-0.4, -0.2) is 19.9 Å². The summed E-state index contributed by atoms with van der Waals surface area (Å²) in [5, 5.41) is 4.06. The summed E-state index contributed by atoms with van der Waals surface area (Å²) in [5.74, 6) is 2.55. The molecule has 232 valence electrons. The van der Waals surface area contributed by atoms with E-state index >= 15 is 0 Å². The second-order valence-electron chi connectivity index (χ2n) is 12.0. The quantitative estimate of drug-likeness (QED) is 0.170. The Hall–Kier alpha value is -6.66. The molecule has 5 aromatic carbocycles. The van der Waals surface area contributed by atoms with Gasteiger partial charge in [-0.3, -0.25) is 0 Å². The molecule has 4 heterocycles. The van der Waals surface area contributed by atoms with Crippen molar-refractivity contribution in [2.75, 3.05) is 0 Å². The van der Waals surface area contributed by atoms with Gasteiger partial charge in [-0.15, -0.1) is 0 Å². The van der Waals surface area contributed by atoms with E-state index < -0.39 is 0 Å². The van der Waals surface area contributed by atoms with E-state index in [0.29, 0.717) is 11.8 Å². The number of aromatic nitrogens is 4. The zero-order valence-electron chi connectivity index (χ0n) is 26.5. The van der Waals surface area contributed by atoms with E-state index in [1.807, 2.05) is 84.9 Å². The number of nitrogens with zero attached hydrogens (tertiary/aromatic N) is 4. The number of para-hydroxylation sites is 2. The van der Waals surface area contributed by atoms with Gasteiger partial charge in [0.1, 0.15) is 22.5 Å². The highest BCUT2D eigenvalue weighted by atomic mass is 16.5. The molecule has 0 aliphatic heterocycles. The van der Waals surface area contributed by atoms with Crippen LogP contribution >= 0.6 is 0 Å². The number of hydrogen-bond acceptors (Lipinski definition) is 6. The molecule has 0 aliphatic rings. The van der Waals surface area contributed by atoms with Crippen LogP contribution in [0.25, 0.3) is 66.1 Å². The van der Waals surface area contributed by atoms with Gasteiger partial charge in [-0.05, 0) is 67.1 Å². The minimum absolute atomic E-state index is 0.532. The molecule has 0 fully saturated rings. The molecule has 49 heavy (non-hydrogen) atoms. The lowest BCUT2D eigenvalue weighted by Crippen LogP contribution is -1.94. The first-order valence-corrected chi connectivity index (χ1v) is 16.1. The Balaban J connectivity index is 1.07. The summed E-state index contributed by atoms with van der Waals surface area (Å²) in [6.45, 7) is 2.11. The van der Waals surface area contributed by atoms with Crippen LogP contribution in [-0.2, 0) is 0 Å². The molecule has 9 rings (SSSR count). The topological polar surface area (TPSA) is 70.0 Å². The third kappa shape index (κ3) is 5.45. The van der Waals surface area contributed by atoms with Gasteiger partial charge in [-0.25, -0.2) is 19.9 Å². The second-order valence-corrected chi connectivity index (χ2v) is 12.0. The molecule has 0 radical (unpaired) electrons. The van der Waals surface area contributed by atoms with E-state index in [1.165, 1.54) is 0 Å². The Labute approximate surface area is 282 Å². The monoisotopic (exact) mass is 632 g/mol. The van der Waals surface area contributed by atoms with Crippen LogP contribution in [0.5, 0.6) is 23.3 Å². The van der Waals surface area contributed by atoms with Gasteiger partial charge in [0, 0.05) is 44.8 Å². The summed E-state index contributed by atoms with van der Waals surface area (Å²) < 4.78 is 12.1. The van der Waals surface area contributed by atoms with E-state index in [0.717, 1.165) is 83.2 Å². The average molecular weight is 633 g/mol. The molecular formula is C43H28N4O2. The largest absolute Gasteiger partial charge is 0.439 e. The van der Waals surface area contributed by atoms with Gasteiger partial charge >= 0.3 is 0 Å². The normalized spacial score (nSPS) is 11.4. The lowest BCUT2D eigenvalue weighted by Gasteiger charge is -2.12. The maximum Gasteiger partial charge on any atom is 0.219 e. The Morgan fingerprint density at radius 3 is 1.33 bits per heavy atom. The van der Waals surface area contributed by atoms with Crippen molar-refractivity contribution in [3.8, 4) is 45.8 Å². The van der Waals surface area contributed by atoms with Crippen LogP contribution in [0.4, 0.5) is 0 Å². The Bertz CT molecular complexity index is 2680. The Morgan fingerprint density at radius 1 is 0.388 bits per heavy atom. The summed E-state index contributed by atoms with van der Waals surface area (Å²) >= 11 is 0. The molecule has 6 nitrogen and oxygen atoms in total. The molecule has 0 aliphatic carbocycles. The molecule has 0 unspecified atom stereocenters. The first kappa shape index (κ1) is 28.6. The van der Waals surface area contributed by atoms with Crippen LogP contribution in [0, 0.1) is 6.92 Å². The summed E-state index contributed by atoms with van der Waals surface area (Å²) in [4.78, 5) is 20.0. The van der Waals surface area contributed by atoms with Crippen molar-refractivity contribution in [2.45, 2.75) is 6.92 Å². The molecular weight excluding hydrogens is 604 g/mol. The number of ether oxygens (including phenoxy) is 2. The van der Waals surface area contributed by atoms with Gasteiger partial charge < -0.3 is 9.47 Å². The van der Waals surface area contributed by atoms with Gasteiger partial charge in [0.15, 0.2) is 0 Å². The standard InChI is InChI=1S/C43H28N4O2/c1-27-26-32(36-22-17-28-12-14-30-19-24-38(46-42(30)40(28)44-36)48-33-8-4-2-5-9-33)16-21-35(27)37-23-18-29-13-15-31-20-25-39(47-43(31)41(29)45-37)49-34-10-6-3-7-11-34/h2-26H,1H3. The number of fused-ring (bicyclic) bond motifs is 6. The zero-order chi connectivity index (χ0) is 32.7. The highest BCUT2D eigenvalue weighted by molar-refractivity contribution is 6.04. The third-order valence-corrected chi connectivity index (χ3v) is 8.72. The number of aryl methyl sites for hydroxylation is 1. The maximum absolute atomic E-state index is 6.05. The number of benzene rings is 5. The van der Waals surface area contributed by atoms with Crippen molar-refractivity contribution in [3.05, 3.63) is 157 Å². The molecule has 0 saturated carbocycles. The fourth-order valence-electron chi connectivity index (χ4n) is 6.25. The first-order chi connectivity index (χ1) is 24.1. The fraction of sp³-hybridized carbons (Fsp3) is 0.0233. The predicted molar refractivity (Wildman–Crippen MR) is 196 cm³/mol. The molecule has 0 spiro atoms. The first-order valence-electron chi connectivity index (χ1n) is 16.1. The van der Waals surface area contributed by atoms with Crippen LogP contribution in [0.3, 0.4) is 0 Å². The van der Waals surface area contributed by atoms with Gasteiger partial charge in [0.05, 0.1) is 22.4 Å². The molecule has 0 bridgehead atoms. The molecule has 0 atom stereocenters. The second kappa shape index (κ2) is 11.9. The van der Waals surface area contributed by atoms with Crippen LogP contribution in [0.1, 0.15) is 5.56 Å². The van der Waals surface area contributed by atoms with Gasteiger partial charge in [0.2, 0.25) is 11.8 Å². The Kier molecular flexibility index (Phi) is 6.91. The molecule has 4 aromatic heterocycles. The number of pyridine rings is 4. The van der Waals surface area contributed by atoms with E-state index in [2.05, 4.69) is 73.7 Å². The number of hydrogen-bond donors (Lipinski definition) is 0. The predicted octanol–water partition coefficient (Wildman–Crippen LogP) is 11.1. The minimum Gasteiger partial charge on any atom is -0.439 e. The summed E-state index contributed by atoms with van der Waals surface area (Å²) in [6.07, 6.45) is 0. The fourth-order valence-corrected chi connectivity index (χ4v) is 6.25. The lowest BCUT2D eigenvalue weighted by atomic mass is 9.99. The number of rotatable bonds is 6. The van der Waals surface area contributed by atoms with Crippen molar-refractivity contribution in [1.29, 1.82) is 0 Å². The van der Waals surface area contributed by atoms with Gasteiger partial charge in [-0.2, -0.15) is 0 Å². The van der Waals surface area contributed by atoms with E-state index in [-0.39, 0.29) is 0 Å². The molecule has 0 N–H and O–H groups in total. The Morgan fingerprint density at radius 2 is 0.816 bits per heavy atom. The van der Waals surface area contributed by atoms with Gasteiger partial charge in [0.25, 0.3) is 0 Å². The zero-order valence-corrected chi connectivity index (χ0v) is 26.5. The van der Waals surface area contributed by atoms with E-state index in [9.17, 15) is 0 Å². The SMILES string of the molecule is Cc1cc(-c2ccc3ccc4ccc(Oc5ccccc5)nc4c3n2)ccc1-c1ccc2ccc3ccc(Oc4ccccc4)nc3c2n1. The van der Waals surface area contributed by atoms with E-state index in [4.69, 9.17) is 29.4 Å². The van der Waals surface area contributed by atoms with Crippen LogP contribution in [0.15, 0.2) is 152 Å². The van der Waals surface area contributed by atoms with Crippen molar-refractivity contribution >= 4 is 43.6 Å². The van der Waals surface area contributed by atoms with Crippen molar-refractivity contribution < 1.29 is 9.47 Å². The third-order valence-electron chi connectivity index (χ3n) is 8.72. The average Bonchev–Trinajstić information content (AvgIpc) is 3.15. The summed E-state index contributed by atoms with van der Waals surface area (Å²) in [7, 11) is 0. The smallest absolute Gasteiger partial charge is 0.219 e. The van der Waals surface area contributed by atoms with Crippen molar-refractivity contribution in [1.82, 2.24) is 19.9 Å². The minimum atomic E-state index is 0.532. The van der Waals surface area contributed by atoms with Crippen LogP contribution < -0.4 is 9.47 Å². The summed E-state index contributed by atoms with van der Waals surface area (Å²) in [6, 6.07) is 50.3. The van der Waals surface area contributed by atoms with E-state index in [1.54, 1.807) is 0 Å². The lowest BCUT2D eigenvalue weighted by molar-refractivity contribution is 0.465. The van der Waals surface area contributed by atoms with Gasteiger partial charge in [-0.1, -0.05) is 84.9 Å².